The van der Waals surface area contributed by atoms with Gasteiger partial charge in [0, 0.05) is 50.7 Å². The van der Waals surface area contributed by atoms with Gasteiger partial charge in [-0.3, -0.25) is 4.98 Å². The van der Waals surface area contributed by atoms with Gasteiger partial charge in [-0.1, -0.05) is 0 Å². The number of aryl methyl sites for hydroxylation is 1. The SMILES string of the molecule is c1cc(-c2cncn2CCCN2CCNCC2)ccn1. The molecule has 1 fully saturated rings. The van der Waals surface area contributed by atoms with Gasteiger partial charge in [-0.15, -0.1) is 0 Å². The second-order valence-corrected chi connectivity index (χ2v) is 5.15. The maximum Gasteiger partial charge on any atom is 0.0950 e. The van der Waals surface area contributed by atoms with Gasteiger partial charge in [-0.2, -0.15) is 0 Å². The maximum absolute atomic E-state index is 4.28. The standard InChI is InChI=1S/C15H21N5/c1(8-19-10-6-17-7-11-19)9-20-13-18-12-15(20)14-2-4-16-5-3-14/h2-5,12-13,17H,1,6-11H2. The first kappa shape index (κ1) is 13.3. The Balaban J connectivity index is 1.57. The smallest absolute Gasteiger partial charge is 0.0950 e. The van der Waals surface area contributed by atoms with Crippen LogP contribution in [0.4, 0.5) is 0 Å². The second-order valence-electron chi connectivity index (χ2n) is 5.15. The highest BCUT2D eigenvalue weighted by molar-refractivity contribution is 5.57. The molecule has 0 radical (unpaired) electrons. The summed E-state index contributed by atoms with van der Waals surface area (Å²) in [6.07, 6.45) is 8.67. The summed E-state index contributed by atoms with van der Waals surface area (Å²) in [6, 6.07) is 4.06. The van der Waals surface area contributed by atoms with E-state index < -0.39 is 0 Å². The highest BCUT2D eigenvalue weighted by Gasteiger charge is 2.09. The number of pyridine rings is 1. The first-order chi connectivity index (χ1) is 9.93. The van der Waals surface area contributed by atoms with Crippen LogP contribution in [-0.2, 0) is 6.54 Å². The van der Waals surface area contributed by atoms with E-state index in [1.165, 1.54) is 24.3 Å². The Bertz CT molecular complexity index is 516. The zero-order valence-electron chi connectivity index (χ0n) is 11.7. The molecule has 2 aromatic rings. The summed E-state index contributed by atoms with van der Waals surface area (Å²) in [7, 11) is 0. The summed E-state index contributed by atoms with van der Waals surface area (Å²) in [5.74, 6) is 0. The Morgan fingerprint density at radius 3 is 2.65 bits per heavy atom. The fraction of sp³-hybridized carbons (Fsp3) is 0.467. The maximum atomic E-state index is 4.28. The molecule has 0 aromatic carbocycles. The van der Waals surface area contributed by atoms with Crippen molar-refractivity contribution in [3.05, 3.63) is 37.1 Å². The minimum Gasteiger partial charge on any atom is -0.331 e. The monoisotopic (exact) mass is 271 g/mol. The Morgan fingerprint density at radius 1 is 1.05 bits per heavy atom. The molecule has 3 rings (SSSR count). The van der Waals surface area contributed by atoms with E-state index in [0.717, 1.165) is 32.6 Å². The van der Waals surface area contributed by atoms with Gasteiger partial charge in [0.25, 0.3) is 0 Å². The van der Waals surface area contributed by atoms with Crippen LogP contribution in [0.3, 0.4) is 0 Å². The molecule has 0 amide bonds. The van der Waals surface area contributed by atoms with E-state index in [-0.39, 0.29) is 0 Å². The number of nitrogens with one attached hydrogen (secondary N) is 1. The third-order valence-corrected chi connectivity index (χ3v) is 3.77. The zero-order chi connectivity index (χ0) is 13.6. The van der Waals surface area contributed by atoms with Crippen molar-refractivity contribution in [1.82, 2.24) is 24.8 Å². The number of piperazine rings is 1. The predicted octanol–water partition coefficient (Wildman–Crippen LogP) is 1.24. The van der Waals surface area contributed by atoms with Crippen molar-refractivity contribution < 1.29 is 0 Å². The number of rotatable bonds is 5. The van der Waals surface area contributed by atoms with Crippen molar-refractivity contribution in [3.8, 4) is 11.3 Å². The number of nitrogens with zero attached hydrogens (tertiary/aromatic N) is 4. The third-order valence-electron chi connectivity index (χ3n) is 3.77. The lowest BCUT2D eigenvalue weighted by molar-refractivity contribution is 0.235. The summed E-state index contributed by atoms with van der Waals surface area (Å²) in [4.78, 5) is 10.9. The average Bonchev–Trinajstić information content (AvgIpc) is 2.98. The first-order valence-corrected chi connectivity index (χ1v) is 7.27. The van der Waals surface area contributed by atoms with Crippen LogP contribution in [0.5, 0.6) is 0 Å². The molecule has 0 unspecified atom stereocenters. The number of aromatic nitrogens is 3. The molecule has 0 spiro atoms. The van der Waals surface area contributed by atoms with Crippen LogP contribution >= 0.6 is 0 Å². The summed E-state index contributed by atoms with van der Waals surface area (Å²) in [5.41, 5.74) is 2.35. The van der Waals surface area contributed by atoms with E-state index in [1.807, 2.05) is 37.1 Å². The van der Waals surface area contributed by atoms with Gasteiger partial charge in [0.1, 0.15) is 0 Å². The lowest BCUT2D eigenvalue weighted by Crippen LogP contribution is -2.43. The summed E-state index contributed by atoms with van der Waals surface area (Å²) in [5, 5.41) is 3.39. The van der Waals surface area contributed by atoms with Crippen molar-refractivity contribution >= 4 is 0 Å². The largest absolute Gasteiger partial charge is 0.331 e. The van der Waals surface area contributed by atoms with Crippen molar-refractivity contribution in [3.63, 3.8) is 0 Å². The van der Waals surface area contributed by atoms with Crippen LogP contribution in [0, 0.1) is 0 Å². The van der Waals surface area contributed by atoms with Gasteiger partial charge in [0.15, 0.2) is 0 Å². The van der Waals surface area contributed by atoms with Crippen LogP contribution in [-0.4, -0.2) is 52.2 Å². The second kappa shape index (κ2) is 6.63. The van der Waals surface area contributed by atoms with Gasteiger partial charge in [0.05, 0.1) is 18.2 Å². The van der Waals surface area contributed by atoms with E-state index in [4.69, 9.17) is 0 Å². The quantitative estimate of drug-likeness (QED) is 0.889. The van der Waals surface area contributed by atoms with Gasteiger partial charge in [-0.25, -0.2) is 4.98 Å². The minimum atomic E-state index is 1.02. The van der Waals surface area contributed by atoms with Crippen LogP contribution in [0.25, 0.3) is 11.3 Å². The number of hydrogen-bond acceptors (Lipinski definition) is 4. The zero-order valence-corrected chi connectivity index (χ0v) is 11.7. The topological polar surface area (TPSA) is 46.0 Å². The minimum absolute atomic E-state index is 1.02. The molecule has 5 nitrogen and oxygen atoms in total. The Morgan fingerprint density at radius 2 is 1.85 bits per heavy atom. The Hall–Kier alpha value is -1.72. The first-order valence-electron chi connectivity index (χ1n) is 7.27. The summed E-state index contributed by atoms with van der Waals surface area (Å²) in [6.45, 7) is 6.75. The van der Waals surface area contributed by atoms with Gasteiger partial charge in [0.2, 0.25) is 0 Å². The number of imidazole rings is 1. The molecule has 1 aliphatic heterocycles. The molecule has 1 N–H and O–H groups in total. The lowest BCUT2D eigenvalue weighted by atomic mass is 10.2. The fourth-order valence-corrected chi connectivity index (χ4v) is 2.66. The third kappa shape index (κ3) is 3.23. The Labute approximate surface area is 119 Å². The van der Waals surface area contributed by atoms with Gasteiger partial charge < -0.3 is 14.8 Å². The molecule has 0 saturated carbocycles. The predicted molar refractivity (Wildman–Crippen MR) is 79.4 cm³/mol. The van der Waals surface area contributed by atoms with Gasteiger partial charge >= 0.3 is 0 Å². The molecule has 2 aromatic heterocycles. The molecule has 0 atom stereocenters. The molecule has 20 heavy (non-hydrogen) atoms. The highest BCUT2D eigenvalue weighted by atomic mass is 15.2. The number of hydrogen-bond donors (Lipinski definition) is 1. The van der Waals surface area contributed by atoms with E-state index >= 15 is 0 Å². The molecule has 1 aliphatic rings. The highest BCUT2D eigenvalue weighted by Crippen LogP contribution is 2.17. The van der Waals surface area contributed by atoms with Crippen molar-refractivity contribution in [1.29, 1.82) is 0 Å². The molecule has 3 heterocycles. The molecule has 1 saturated heterocycles. The molecule has 0 aliphatic carbocycles. The van der Waals surface area contributed by atoms with Crippen LogP contribution in [0.2, 0.25) is 0 Å². The van der Waals surface area contributed by atoms with Crippen LogP contribution in [0.1, 0.15) is 6.42 Å². The van der Waals surface area contributed by atoms with E-state index in [1.54, 1.807) is 0 Å². The normalized spacial score (nSPS) is 16.4. The van der Waals surface area contributed by atoms with Crippen molar-refractivity contribution in [2.45, 2.75) is 13.0 Å². The van der Waals surface area contributed by atoms with Crippen molar-refractivity contribution in [2.24, 2.45) is 0 Å². The fourth-order valence-electron chi connectivity index (χ4n) is 2.66. The molecule has 5 heteroatoms. The summed E-state index contributed by atoms with van der Waals surface area (Å²) >= 11 is 0. The van der Waals surface area contributed by atoms with Crippen LogP contribution < -0.4 is 5.32 Å². The average molecular weight is 271 g/mol. The van der Waals surface area contributed by atoms with Gasteiger partial charge in [-0.05, 0) is 25.1 Å². The summed E-state index contributed by atoms with van der Waals surface area (Å²) < 4.78 is 2.23. The Kier molecular flexibility index (Phi) is 4.40. The lowest BCUT2D eigenvalue weighted by Gasteiger charge is -2.27. The van der Waals surface area contributed by atoms with E-state index in [9.17, 15) is 0 Å². The van der Waals surface area contributed by atoms with E-state index in [0.29, 0.717) is 0 Å². The molecular weight excluding hydrogens is 250 g/mol. The van der Waals surface area contributed by atoms with E-state index in [2.05, 4.69) is 24.8 Å². The van der Waals surface area contributed by atoms with Crippen molar-refractivity contribution in [2.75, 3.05) is 32.7 Å². The van der Waals surface area contributed by atoms with Crippen LogP contribution in [0.15, 0.2) is 37.1 Å². The molecular formula is C15H21N5. The molecule has 106 valence electrons. The molecule has 0 bridgehead atoms.